The second-order valence-electron chi connectivity index (χ2n) is 4.95. The molecule has 2 aromatic rings. The summed E-state index contributed by atoms with van der Waals surface area (Å²) in [5, 5.41) is 15.4. The van der Waals surface area contributed by atoms with Crippen LogP contribution in [-0.4, -0.2) is 24.7 Å². The molecule has 122 valence electrons. The Hall–Kier alpha value is -2.24. The van der Waals surface area contributed by atoms with Crippen molar-refractivity contribution in [1.29, 1.82) is 0 Å². The molecule has 0 spiro atoms. The number of ether oxygens (including phenoxy) is 1. The summed E-state index contributed by atoms with van der Waals surface area (Å²) in [5.74, 6) is 0.631. The third-order valence-electron chi connectivity index (χ3n) is 3.30. The van der Waals surface area contributed by atoms with Gasteiger partial charge in [-0.3, -0.25) is 4.79 Å². The van der Waals surface area contributed by atoms with E-state index in [0.29, 0.717) is 17.3 Å². The number of carbonyl (C=O) groups is 1. The number of nitrogens with one attached hydrogen (secondary N) is 2. The van der Waals surface area contributed by atoms with Crippen molar-refractivity contribution < 1.29 is 14.6 Å². The topological polar surface area (TPSA) is 70.6 Å². The highest BCUT2D eigenvalue weighted by molar-refractivity contribution is 6.33. The molecular weight excluding hydrogens is 316 g/mol. The molecule has 0 heterocycles. The predicted molar refractivity (Wildman–Crippen MR) is 90.7 cm³/mol. The minimum Gasteiger partial charge on any atom is -0.497 e. The zero-order valence-electron chi connectivity index (χ0n) is 12.8. The lowest BCUT2D eigenvalue weighted by molar-refractivity contribution is -0.119. The van der Waals surface area contributed by atoms with Crippen LogP contribution >= 0.6 is 11.6 Å². The number of aliphatic hydroxyl groups is 1. The maximum absolute atomic E-state index is 11.9. The zero-order chi connectivity index (χ0) is 16.7. The van der Waals surface area contributed by atoms with Crippen LogP contribution in [0.4, 0.5) is 5.69 Å². The maximum Gasteiger partial charge on any atom is 0.239 e. The minimum absolute atomic E-state index is 0.0739. The smallest absolute Gasteiger partial charge is 0.239 e. The molecular formula is C17H19ClN2O3. The van der Waals surface area contributed by atoms with Crippen LogP contribution in [0.25, 0.3) is 0 Å². The van der Waals surface area contributed by atoms with Crippen molar-refractivity contribution in [3.8, 4) is 5.75 Å². The van der Waals surface area contributed by atoms with Crippen LogP contribution in [0.2, 0.25) is 5.02 Å². The molecule has 0 saturated carbocycles. The van der Waals surface area contributed by atoms with E-state index >= 15 is 0 Å². The Bertz CT molecular complexity index is 659. The van der Waals surface area contributed by atoms with Crippen LogP contribution in [0.1, 0.15) is 11.1 Å². The minimum atomic E-state index is -0.147. The second kappa shape index (κ2) is 8.41. The van der Waals surface area contributed by atoms with Crippen molar-refractivity contribution in [3.63, 3.8) is 0 Å². The highest BCUT2D eigenvalue weighted by Crippen LogP contribution is 2.22. The lowest BCUT2D eigenvalue weighted by Gasteiger charge is -2.10. The number of hydrogen-bond acceptors (Lipinski definition) is 4. The summed E-state index contributed by atoms with van der Waals surface area (Å²) >= 11 is 6.05. The van der Waals surface area contributed by atoms with E-state index in [1.165, 1.54) is 0 Å². The van der Waals surface area contributed by atoms with Crippen molar-refractivity contribution in [2.24, 2.45) is 0 Å². The largest absolute Gasteiger partial charge is 0.497 e. The molecule has 1 amide bonds. The van der Waals surface area contributed by atoms with Crippen molar-refractivity contribution in [3.05, 3.63) is 58.6 Å². The van der Waals surface area contributed by atoms with E-state index in [4.69, 9.17) is 21.4 Å². The first-order chi connectivity index (χ1) is 11.1. The third-order valence-corrected chi connectivity index (χ3v) is 3.63. The molecule has 0 aliphatic rings. The van der Waals surface area contributed by atoms with Gasteiger partial charge in [-0.25, -0.2) is 0 Å². The Balaban J connectivity index is 1.83. The average Bonchev–Trinajstić information content (AvgIpc) is 2.59. The van der Waals surface area contributed by atoms with E-state index < -0.39 is 0 Å². The summed E-state index contributed by atoms with van der Waals surface area (Å²) in [7, 11) is 1.61. The van der Waals surface area contributed by atoms with E-state index in [2.05, 4.69) is 10.6 Å². The second-order valence-corrected chi connectivity index (χ2v) is 5.36. The molecule has 2 rings (SSSR count). The summed E-state index contributed by atoms with van der Waals surface area (Å²) in [6.45, 7) is 0.467. The van der Waals surface area contributed by atoms with Gasteiger partial charge in [-0.15, -0.1) is 0 Å². The number of hydrogen-bond donors (Lipinski definition) is 3. The third kappa shape index (κ3) is 5.16. The molecule has 23 heavy (non-hydrogen) atoms. The normalized spacial score (nSPS) is 10.2. The van der Waals surface area contributed by atoms with E-state index in [1.807, 2.05) is 24.3 Å². The molecule has 6 heteroatoms. The summed E-state index contributed by atoms with van der Waals surface area (Å²) in [4.78, 5) is 11.9. The molecule has 5 nitrogen and oxygen atoms in total. The molecule has 0 atom stereocenters. The first-order valence-electron chi connectivity index (χ1n) is 7.15. The average molecular weight is 335 g/mol. The Kier molecular flexibility index (Phi) is 6.26. The van der Waals surface area contributed by atoms with Crippen LogP contribution in [0.5, 0.6) is 5.75 Å². The highest BCUT2D eigenvalue weighted by atomic mass is 35.5. The Labute approximate surface area is 140 Å². The predicted octanol–water partition coefficient (Wildman–Crippen LogP) is 2.57. The lowest BCUT2D eigenvalue weighted by Crippen LogP contribution is -2.29. The molecule has 2 aromatic carbocycles. The molecule has 0 fully saturated rings. The molecule has 0 bridgehead atoms. The Morgan fingerprint density at radius 3 is 2.52 bits per heavy atom. The highest BCUT2D eigenvalue weighted by Gasteiger charge is 2.05. The number of carbonyl (C=O) groups excluding carboxylic acids is 1. The van der Waals surface area contributed by atoms with Gasteiger partial charge in [-0.1, -0.05) is 29.8 Å². The summed E-state index contributed by atoms with van der Waals surface area (Å²) in [6.07, 6.45) is 0. The monoisotopic (exact) mass is 334 g/mol. The Morgan fingerprint density at radius 1 is 1.17 bits per heavy atom. The number of benzene rings is 2. The van der Waals surface area contributed by atoms with Gasteiger partial charge in [0, 0.05) is 6.54 Å². The van der Waals surface area contributed by atoms with E-state index in [9.17, 15) is 4.79 Å². The van der Waals surface area contributed by atoms with Crippen LogP contribution in [0.3, 0.4) is 0 Å². The van der Waals surface area contributed by atoms with Gasteiger partial charge in [0.15, 0.2) is 0 Å². The van der Waals surface area contributed by atoms with E-state index in [1.54, 1.807) is 25.3 Å². The van der Waals surface area contributed by atoms with Gasteiger partial charge in [-0.05, 0) is 35.4 Å². The van der Waals surface area contributed by atoms with Gasteiger partial charge >= 0.3 is 0 Å². The van der Waals surface area contributed by atoms with Crippen LogP contribution < -0.4 is 15.4 Å². The number of halogens is 1. The molecule has 0 radical (unpaired) electrons. The quantitative estimate of drug-likeness (QED) is 0.728. The van der Waals surface area contributed by atoms with E-state index in [-0.39, 0.29) is 19.1 Å². The van der Waals surface area contributed by atoms with E-state index in [0.717, 1.165) is 16.9 Å². The van der Waals surface area contributed by atoms with Crippen molar-refractivity contribution in [2.45, 2.75) is 13.2 Å². The number of methoxy groups -OCH3 is 1. The number of anilines is 1. The maximum atomic E-state index is 11.9. The standard InChI is InChI=1S/C17H19ClN2O3/c1-23-14-5-2-12(3-6-14)9-20-17(22)10-19-16-8-13(11-21)4-7-15(16)18/h2-8,19,21H,9-11H2,1H3,(H,20,22). The summed E-state index contributed by atoms with van der Waals surface area (Å²) in [5.41, 5.74) is 2.34. The zero-order valence-corrected chi connectivity index (χ0v) is 13.6. The van der Waals surface area contributed by atoms with Crippen molar-refractivity contribution in [2.75, 3.05) is 19.0 Å². The van der Waals surface area contributed by atoms with Crippen molar-refractivity contribution >= 4 is 23.2 Å². The number of rotatable bonds is 7. The van der Waals surface area contributed by atoms with Gasteiger partial charge in [-0.2, -0.15) is 0 Å². The summed E-state index contributed by atoms with van der Waals surface area (Å²) in [6, 6.07) is 12.6. The fraction of sp³-hybridized carbons (Fsp3) is 0.235. The fourth-order valence-electron chi connectivity index (χ4n) is 1.99. The molecule has 0 saturated heterocycles. The molecule has 0 unspecified atom stereocenters. The molecule has 3 N–H and O–H groups in total. The van der Waals surface area contributed by atoms with Gasteiger partial charge in [0.25, 0.3) is 0 Å². The van der Waals surface area contributed by atoms with Gasteiger partial charge in [0.05, 0.1) is 31.0 Å². The molecule has 0 aliphatic carbocycles. The van der Waals surface area contributed by atoms with Crippen LogP contribution in [0, 0.1) is 0 Å². The Morgan fingerprint density at radius 2 is 1.87 bits per heavy atom. The van der Waals surface area contributed by atoms with Gasteiger partial charge < -0.3 is 20.5 Å². The van der Waals surface area contributed by atoms with Gasteiger partial charge in [0.1, 0.15) is 5.75 Å². The summed E-state index contributed by atoms with van der Waals surface area (Å²) < 4.78 is 5.08. The SMILES string of the molecule is COc1ccc(CNC(=O)CNc2cc(CO)ccc2Cl)cc1. The number of aliphatic hydroxyl groups excluding tert-OH is 1. The lowest BCUT2D eigenvalue weighted by atomic mass is 10.2. The first-order valence-corrected chi connectivity index (χ1v) is 7.53. The fourth-order valence-corrected chi connectivity index (χ4v) is 2.17. The first kappa shape index (κ1) is 17.1. The van der Waals surface area contributed by atoms with Crippen LogP contribution in [-0.2, 0) is 17.9 Å². The molecule has 0 aromatic heterocycles. The van der Waals surface area contributed by atoms with Crippen LogP contribution in [0.15, 0.2) is 42.5 Å². The number of amides is 1. The van der Waals surface area contributed by atoms with Crippen molar-refractivity contribution in [1.82, 2.24) is 5.32 Å². The van der Waals surface area contributed by atoms with Gasteiger partial charge in [0.2, 0.25) is 5.91 Å². The molecule has 0 aliphatic heterocycles.